The molecule has 0 bridgehead atoms. The number of nitrogens with one attached hydrogen (secondary N) is 1. The van der Waals surface area contributed by atoms with Crippen molar-refractivity contribution in [3.05, 3.63) is 29.3 Å². The molecule has 23 heteroatoms. The van der Waals surface area contributed by atoms with E-state index in [1.165, 1.54) is 0 Å². The molecule has 0 heterocycles. The summed E-state index contributed by atoms with van der Waals surface area (Å²) in [6.07, 6.45) is -35.3. The zero-order valence-corrected chi connectivity index (χ0v) is 17.9. The van der Waals surface area contributed by atoms with Crippen molar-refractivity contribution in [2.45, 2.75) is 40.5 Å². The molecule has 1 rings (SSSR count). The first-order chi connectivity index (χ1) is 15.5. The van der Waals surface area contributed by atoms with Crippen molar-refractivity contribution in [1.29, 1.82) is 0 Å². The first kappa shape index (κ1) is 34.0. The van der Waals surface area contributed by atoms with Crippen molar-refractivity contribution < 1.29 is 87.8 Å². The zero-order valence-electron chi connectivity index (χ0n) is 16.3. The fraction of sp³-hybridized carbons (Fsp3) is 0.538. The Morgan fingerprint density at radius 2 is 0.861 bits per heavy atom. The SMILES string of the molecule is CO.O=S(=O)(NS(=O)(=O)C(C(F)(F)F)(C(F)(F)F)C(F)(F)F)c1cc(C(F)(F)F)cc(C(F)(F)F)c1. The molecule has 2 N–H and O–H groups in total. The smallest absolute Gasteiger partial charge is 0.400 e. The molecule has 0 radical (unpaired) electrons. The molecular weight excluding hydrogens is 599 g/mol. The maximum Gasteiger partial charge on any atom is 0.427 e. The van der Waals surface area contributed by atoms with E-state index in [1.54, 1.807) is 0 Å². The first-order valence-corrected chi connectivity index (χ1v) is 10.7. The molecule has 0 amide bonds. The van der Waals surface area contributed by atoms with Gasteiger partial charge in [-0.3, -0.25) is 0 Å². The Morgan fingerprint density at radius 1 is 0.583 bits per heavy atom. The van der Waals surface area contributed by atoms with Gasteiger partial charge in [-0.05, 0) is 18.2 Å². The number of aliphatic hydroxyl groups is 1. The number of benzene rings is 1. The summed E-state index contributed by atoms with van der Waals surface area (Å²) >= 11 is 0. The maximum atomic E-state index is 12.9. The second-order valence-corrected chi connectivity index (χ2v) is 9.77. The number of rotatable bonds is 4. The highest BCUT2D eigenvalue weighted by Gasteiger charge is 2.91. The molecule has 0 spiro atoms. The van der Waals surface area contributed by atoms with Crippen LogP contribution < -0.4 is 4.13 Å². The fourth-order valence-electron chi connectivity index (χ4n) is 2.28. The van der Waals surface area contributed by atoms with Gasteiger partial charge < -0.3 is 5.11 Å². The molecule has 0 saturated heterocycles. The molecular formula is C13H8F15NO5S2. The van der Waals surface area contributed by atoms with E-state index in [0.29, 0.717) is 0 Å². The molecule has 0 unspecified atom stereocenters. The van der Waals surface area contributed by atoms with Gasteiger partial charge in [-0.25, -0.2) is 16.8 Å². The van der Waals surface area contributed by atoms with E-state index in [-0.39, 0.29) is 0 Å². The number of aliphatic hydroxyl groups excluding tert-OH is 1. The molecule has 0 saturated carbocycles. The second-order valence-electron chi connectivity index (χ2n) is 6.01. The summed E-state index contributed by atoms with van der Waals surface area (Å²) in [4.78, 5) is -2.57. The molecule has 0 atom stereocenters. The van der Waals surface area contributed by atoms with Crippen molar-refractivity contribution in [2.24, 2.45) is 0 Å². The quantitative estimate of drug-likeness (QED) is 0.496. The molecule has 0 aliphatic carbocycles. The predicted octanol–water partition coefficient (Wildman–Crippen LogP) is 4.37. The van der Waals surface area contributed by atoms with Crippen molar-refractivity contribution in [2.75, 3.05) is 7.11 Å². The van der Waals surface area contributed by atoms with Crippen LogP contribution in [0.1, 0.15) is 11.1 Å². The number of alkyl halides is 15. The van der Waals surface area contributed by atoms with Crippen molar-refractivity contribution in [3.8, 4) is 0 Å². The van der Waals surface area contributed by atoms with Crippen LogP contribution in [0.25, 0.3) is 0 Å². The molecule has 1 aromatic rings. The van der Waals surface area contributed by atoms with Gasteiger partial charge in [-0.15, -0.1) is 4.13 Å². The van der Waals surface area contributed by atoms with E-state index in [2.05, 4.69) is 0 Å². The van der Waals surface area contributed by atoms with E-state index >= 15 is 0 Å². The minimum atomic E-state index is -8.34. The number of hydrogen-bond donors (Lipinski definition) is 2. The third kappa shape index (κ3) is 6.27. The predicted molar refractivity (Wildman–Crippen MR) is 84.7 cm³/mol. The van der Waals surface area contributed by atoms with E-state index in [0.717, 1.165) is 7.11 Å². The Labute approximate surface area is 189 Å². The van der Waals surface area contributed by atoms with Gasteiger partial charge >= 0.3 is 35.6 Å². The third-order valence-electron chi connectivity index (χ3n) is 3.69. The van der Waals surface area contributed by atoms with Crippen molar-refractivity contribution in [3.63, 3.8) is 0 Å². The molecule has 0 fully saturated rings. The average molecular weight is 607 g/mol. The van der Waals surface area contributed by atoms with Gasteiger partial charge in [0.2, 0.25) is 0 Å². The van der Waals surface area contributed by atoms with Gasteiger partial charge in [0.25, 0.3) is 20.0 Å². The second kappa shape index (κ2) is 9.70. The van der Waals surface area contributed by atoms with Crippen LogP contribution in [0.2, 0.25) is 0 Å². The summed E-state index contributed by atoms with van der Waals surface area (Å²) in [7, 11) is -14.2. The molecule has 6 nitrogen and oxygen atoms in total. The van der Waals surface area contributed by atoms with Gasteiger partial charge in [-0.1, -0.05) is 0 Å². The molecule has 0 aliphatic rings. The van der Waals surface area contributed by atoms with E-state index < -0.39 is 94.0 Å². The van der Waals surface area contributed by atoms with Crippen LogP contribution >= 0.6 is 0 Å². The lowest BCUT2D eigenvalue weighted by Gasteiger charge is -2.37. The Hall–Kier alpha value is -2.01. The monoisotopic (exact) mass is 607 g/mol. The summed E-state index contributed by atoms with van der Waals surface area (Å²) in [5.74, 6) is 0. The first-order valence-electron chi connectivity index (χ1n) is 7.75. The van der Waals surface area contributed by atoms with Crippen LogP contribution in [0.5, 0.6) is 0 Å². The van der Waals surface area contributed by atoms with Gasteiger partial charge in [0, 0.05) is 7.11 Å². The maximum absolute atomic E-state index is 12.9. The van der Waals surface area contributed by atoms with Crippen LogP contribution in [0, 0.1) is 0 Å². The van der Waals surface area contributed by atoms with E-state index in [4.69, 9.17) is 5.11 Å². The van der Waals surface area contributed by atoms with Gasteiger partial charge in [0.15, 0.2) is 0 Å². The Balaban J connectivity index is 0.00000596. The normalized spacial score (nSPS) is 14.8. The van der Waals surface area contributed by atoms with E-state index in [1.807, 2.05) is 0 Å². The molecule has 212 valence electrons. The van der Waals surface area contributed by atoms with Gasteiger partial charge in [0.1, 0.15) is 0 Å². The Morgan fingerprint density at radius 3 is 1.08 bits per heavy atom. The minimum Gasteiger partial charge on any atom is -0.400 e. The fourth-order valence-corrected chi connectivity index (χ4v) is 5.79. The van der Waals surface area contributed by atoms with Crippen LogP contribution in [-0.2, 0) is 32.4 Å². The number of hydrogen-bond acceptors (Lipinski definition) is 5. The summed E-state index contributed by atoms with van der Waals surface area (Å²) in [5, 5.41) is 7.00. The van der Waals surface area contributed by atoms with Gasteiger partial charge in [-0.2, -0.15) is 65.9 Å². The lowest BCUT2D eigenvalue weighted by atomic mass is 10.1. The van der Waals surface area contributed by atoms with Crippen LogP contribution in [0.4, 0.5) is 65.9 Å². The highest BCUT2D eigenvalue weighted by molar-refractivity contribution is 8.05. The number of sulfonamides is 2. The summed E-state index contributed by atoms with van der Waals surface area (Å²) in [5.41, 5.74) is -5.09. The molecule has 36 heavy (non-hydrogen) atoms. The van der Waals surface area contributed by atoms with E-state index in [9.17, 15) is 82.7 Å². The molecule has 0 aromatic heterocycles. The highest BCUT2D eigenvalue weighted by atomic mass is 32.3. The topological polar surface area (TPSA) is 101 Å². The third-order valence-corrected chi connectivity index (χ3v) is 7.80. The summed E-state index contributed by atoms with van der Waals surface area (Å²) in [6, 6.07) is -2.52. The average Bonchev–Trinajstić information content (AvgIpc) is 2.56. The Kier molecular flexibility index (Phi) is 9.16. The number of halogens is 15. The van der Waals surface area contributed by atoms with Crippen LogP contribution in [-0.4, -0.2) is 52.3 Å². The molecule has 0 aliphatic heterocycles. The van der Waals surface area contributed by atoms with Crippen molar-refractivity contribution in [1.82, 2.24) is 4.13 Å². The standard InChI is InChI=1S/C12H4F15NO4S2.CH4O/c13-7(14,15)4-1-5(8(16,17)18)3-6(2-4)33(29,30)28-34(31,32)9(10(19,20)21,11(22,23)24)12(25,26)27;1-2/h1-3,28H;2H,1H3. The summed E-state index contributed by atoms with van der Waals surface area (Å²) < 4.78 is 232. The van der Waals surface area contributed by atoms with Crippen molar-refractivity contribution >= 4 is 20.0 Å². The summed E-state index contributed by atoms with van der Waals surface area (Å²) in [6.45, 7) is 0. The lowest BCUT2D eigenvalue weighted by Crippen LogP contribution is -2.73. The Bertz CT molecular complexity index is 1070. The molecule has 1 aromatic carbocycles. The lowest BCUT2D eigenvalue weighted by molar-refractivity contribution is -0.347. The van der Waals surface area contributed by atoms with Gasteiger partial charge in [0.05, 0.1) is 16.0 Å². The largest absolute Gasteiger partial charge is 0.427 e. The van der Waals surface area contributed by atoms with Crippen LogP contribution in [0.3, 0.4) is 0 Å². The van der Waals surface area contributed by atoms with Crippen LogP contribution in [0.15, 0.2) is 23.1 Å². The minimum absolute atomic E-state index is 0.683. The zero-order chi connectivity index (χ0) is 29.6. The highest BCUT2D eigenvalue weighted by Crippen LogP contribution is 2.57.